The molecule has 3 rings (SSSR count). The molecule has 0 unspecified atom stereocenters. The van der Waals surface area contributed by atoms with Crippen molar-refractivity contribution in [3.8, 4) is 34.3 Å². The van der Waals surface area contributed by atoms with Gasteiger partial charge in [-0.15, -0.1) is 0 Å². The number of methoxy groups -OCH3 is 2. The molecule has 0 aliphatic heterocycles. The fourth-order valence-electron chi connectivity index (χ4n) is 2.90. The van der Waals surface area contributed by atoms with Crippen molar-refractivity contribution < 1.29 is 28.2 Å². The number of benzene rings is 2. The monoisotopic (exact) mass is 385 g/mol. The van der Waals surface area contributed by atoms with E-state index in [1.807, 2.05) is 13.8 Å². The molecule has 0 atom stereocenters. The molecule has 0 radical (unpaired) electrons. The molecule has 0 fully saturated rings. The third-order valence-electron chi connectivity index (χ3n) is 4.36. The summed E-state index contributed by atoms with van der Waals surface area (Å²) < 4.78 is 38.3. The number of fused-ring (bicyclic) bond motifs is 1. The van der Waals surface area contributed by atoms with Crippen LogP contribution < -0.4 is 14.9 Å². The molecular weight excluding hydrogens is 360 g/mol. The van der Waals surface area contributed by atoms with Gasteiger partial charge in [-0.05, 0) is 44.5 Å². The van der Waals surface area contributed by atoms with Crippen LogP contribution in [0, 0.1) is 0 Å². The minimum Gasteiger partial charge on any atom is -0.507 e. The van der Waals surface area contributed by atoms with Gasteiger partial charge in [0.05, 0.1) is 18.3 Å². The van der Waals surface area contributed by atoms with Gasteiger partial charge in [-0.25, -0.2) is 0 Å². The normalized spacial score (nSPS) is 12.8. The van der Waals surface area contributed by atoms with Gasteiger partial charge in [-0.2, -0.15) is 0 Å². The molecule has 146 valence electrons. The van der Waals surface area contributed by atoms with Gasteiger partial charge >= 0.3 is 0 Å². The summed E-state index contributed by atoms with van der Waals surface area (Å²) in [5, 5.41) is 20.6. The average Bonchev–Trinajstić information content (AvgIpc) is 2.68. The Bertz CT molecular complexity index is 1200. The molecule has 2 N–H and O–H groups in total. The highest BCUT2D eigenvalue weighted by molar-refractivity contribution is 5.91. The van der Waals surface area contributed by atoms with E-state index in [-0.39, 0.29) is 34.5 Å². The predicted molar refractivity (Wildman–Crippen MR) is 107 cm³/mol. The summed E-state index contributed by atoms with van der Waals surface area (Å²) in [6, 6.07) is 7.51. The number of ether oxygens (including phenoxy) is 2. The van der Waals surface area contributed by atoms with Crippen LogP contribution in [0.2, 0.25) is 0 Å². The van der Waals surface area contributed by atoms with Crippen molar-refractivity contribution in [2.45, 2.75) is 20.3 Å². The van der Waals surface area contributed by atoms with E-state index in [4.69, 9.17) is 18.0 Å². The SMILES string of the molecule is [2H]C([2H])([2H])Oc1cc(O)c2c(=O)c(O)c(-c3ccc(OC)cc3)oc2c1CC=C(C)C. The Kier molecular flexibility index (Phi) is 4.29. The molecule has 0 aliphatic carbocycles. The lowest BCUT2D eigenvalue weighted by molar-refractivity contribution is 0.402. The highest BCUT2D eigenvalue weighted by Crippen LogP contribution is 2.39. The second-order valence-corrected chi connectivity index (χ2v) is 6.50. The number of aromatic hydroxyl groups is 2. The highest BCUT2D eigenvalue weighted by atomic mass is 16.5. The van der Waals surface area contributed by atoms with Crippen LogP contribution in [0.25, 0.3) is 22.3 Å². The van der Waals surface area contributed by atoms with Gasteiger partial charge in [0.15, 0.2) is 5.76 Å². The molecule has 0 bridgehead atoms. The summed E-state index contributed by atoms with van der Waals surface area (Å²) in [5.41, 5.74) is 0.690. The highest BCUT2D eigenvalue weighted by Gasteiger charge is 2.22. The maximum absolute atomic E-state index is 12.9. The molecule has 2 aromatic carbocycles. The third-order valence-corrected chi connectivity index (χ3v) is 4.36. The first-order valence-corrected chi connectivity index (χ1v) is 8.53. The minimum atomic E-state index is -2.78. The fraction of sp³-hybridized carbons (Fsp3) is 0.227. The van der Waals surface area contributed by atoms with Crippen LogP contribution in [0.1, 0.15) is 23.5 Å². The summed E-state index contributed by atoms with van der Waals surface area (Å²) in [5.74, 6) is -0.922. The number of allylic oxidation sites excluding steroid dienone is 2. The summed E-state index contributed by atoms with van der Waals surface area (Å²) in [4.78, 5) is 12.9. The first kappa shape index (κ1) is 15.6. The molecule has 1 aromatic heterocycles. The van der Waals surface area contributed by atoms with Gasteiger partial charge in [0.2, 0.25) is 11.2 Å². The second kappa shape index (κ2) is 7.68. The lowest BCUT2D eigenvalue weighted by Gasteiger charge is -2.13. The molecule has 3 aromatic rings. The van der Waals surface area contributed by atoms with Crippen LogP contribution in [0.5, 0.6) is 23.0 Å². The summed E-state index contributed by atoms with van der Waals surface area (Å²) in [7, 11) is -1.27. The average molecular weight is 385 g/mol. The van der Waals surface area contributed by atoms with Crippen molar-refractivity contribution >= 4 is 11.0 Å². The lowest BCUT2D eigenvalue weighted by atomic mass is 10.0. The van der Waals surface area contributed by atoms with Gasteiger partial charge in [-0.3, -0.25) is 4.79 Å². The van der Waals surface area contributed by atoms with Crippen molar-refractivity contribution in [1.29, 1.82) is 0 Å². The predicted octanol–water partition coefficient (Wildman–Crippen LogP) is 4.40. The fourth-order valence-corrected chi connectivity index (χ4v) is 2.90. The summed E-state index contributed by atoms with van der Waals surface area (Å²) >= 11 is 0. The maximum atomic E-state index is 12.9. The molecule has 0 saturated carbocycles. The maximum Gasteiger partial charge on any atom is 0.238 e. The van der Waals surface area contributed by atoms with E-state index in [0.717, 1.165) is 11.6 Å². The van der Waals surface area contributed by atoms with Gasteiger partial charge in [0.1, 0.15) is 28.2 Å². The number of hydrogen-bond acceptors (Lipinski definition) is 6. The molecule has 0 saturated heterocycles. The molecular formula is C22H22O6. The van der Waals surface area contributed by atoms with E-state index < -0.39 is 24.0 Å². The number of rotatable bonds is 5. The first-order valence-electron chi connectivity index (χ1n) is 10.0. The minimum absolute atomic E-state index is 0.0645. The van der Waals surface area contributed by atoms with Gasteiger partial charge in [0, 0.05) is 17.2 Å². The second-order valence-electron chi connectivity index (χ2n) is 6.50. The Morgan fingerprint density at radius 3 is 2.54 bits per heavy atom. The van der Waals surface area contributed by atoms with Crippen molar-refractivity contribution in [1.82, 2.24) is 0 Å². The van der Waals surface area contributed by atoms with Gasteiger partial charge in [0.25, 0.3) is 0 Å². The van der Waals surface area contributed by atoms with E-state index in [9.17, 15) is 15.0 Å². The molecule has 0 amide bonds. The van der Waals surface area contributed by atoms with E-state index in [1.165, 1.54) is 7.11 Å². The molecule has 1 heterocycles. The van der Waals surface area contributed by atoms with E-state index in [0.29, 0.717) is 11.3 Å². The quantitative estimate of drug-likeness (QED) is 0.633. The first-order chi connectivity index (χ1) is 14.5. The zero-order chi connectivity index (χ0) is 22.9. The van der Waals surface area contributed by atoms with Crippen LogP contribution in [-0.2, 0) is 6.42 Å². The third kappa shape index (κ3) is 3.41. The topological polar surface area (TPSA) is 89.1 Å². The Labute approximate surface area is 166 Å². The summed E-state index contributed by atoms with van der Waals surface area (Å²) in [6.07, 6.45) is 1.98. The Hall–Kier alpha value is -3.41. The van der Waals surface area contributed by atoms with Crippen molar-refractivity contribution in [2.75, 3.05) is 14.1 Å². The Morgan fingerprint density at radius 2 is 1.93 bits per heavy atom. The van der Waals surface area contributed by atoms with Crippen LogP contribution in [0.4, 0.5) is 0 Å². The zero-order valence-electron chi connectivity index (χ0n) is 18.7. The zero-order valence-corrected chi connectivity index (χ0v) is 15.7. The number of phenolic OH excluding ortho intramolecular Hbond substituents is 1. The summed E-state index contributed by atoms with van der Waals surface area (Å²) in [6.45, 7) is 3.72. The number of hydrogen-bond donors (Lipinski definition) is 2. The van der Waals surface area contributed by atoms with Gasteiger partial charge < -0.3 is 24.1 Å². The largest absolute Gasteiger partial charge is 0.507 e. The van der Waals surface area contributed by atoms with E-state index in [1.54, 1.807) is 30.3 Å². The smallest absolute Gasteiger partial charge is 0.238 e. The van der Waals surface area contributed by atoms with Crippen molar-refractivity contribution in [2.24, 2.45) is 0 Å². The Morgan fingerprint density at radius 1 is 1.21 bits per heavy atom. The molecule has 28 heavy (non-hydrogen) atoms. The van der Waals surface area contributed by atoms with E-state index in [2.05, 4.69) is 0 Å². The standard InChI is InChI=1S/C22H22O6/c1-12(2)5-10-15-17(27-4)11-16(23)18-19(24)20(25)21(28-22(15)18)13-6-8-14(26-3)9-7-13/h5-9,11,23,25H,10H2,1-4H3/i4D3. The number of phenols is 1. The van der Waals surface area contributed by atoms with Crippen LogP contribution in [-0.4, -0.2) is 24.4 Å². The van der Waals surface area contributed by atoms with E-state index >= 15 is 0 Å². The van der Waals surface area contributed by atoms with Crippen molar-refractivity contribution in [3.05, 3.63) is 57.8 Å². The van der Waals surface area contributed by atoms with Crippen LogP contribution >= 0.6 is 0 Å². The molecule has 6 nitrogen and oxygen atoms in total. The Balaban J connectivity index is 2.36. The van der Waals surface area contributed by atoms with Gasteiger partial charge in [-0.1, -0.05) is 11.6 Å². The molecule has 6 heteroatoms. The molecule has 0 spiro atoms. The van der Waals surface area contributed by atoms with Crippen molar-refractivity contribution in [3.63, 3.8) is 0 Å². The lowest BCUT2D eigenvalue weighted by Crippen LogP contribution is -2.05. The van der Waals surface area contributed by atoms with Crippen LogP contribution in [0.15, 0.2) is 51.2 Å². The molecule has 0 aliphatic rings. The van der Waals surface area contributed by atoms with Crippen LogP contribution in [0.3, 0.4) is 0 Å².